The molecule has 37 heavy (non-hydrogen) atoms. The first-order valence-electron chi connectivity index (χ1n) is 12.8. The molecule has 3 aromatic rings. The molecule has 1 N–H and O–H groups in total. The molecule has 2 heterocycles. The number of ketones is 1. The first-order valence-corrected chi connectivity index (χ1v) is 12.8. The molecule has 1 saturated carbocycles. The maximum atomic E-state index is 13.5. The van der Waals surface area contributed by atoms with Gasteiger partial charge in [0.2, 0.25) is 6.73 Å². The van der Waals surface area contributed by atoms with Crippen molar-refractivity contribution in [3.05, 3.63) is 53.7 Å². The molecule has 0 saturated heterocycles. The number of esters is 1. The number of rotatable bonds is 6. The molecule has 0 bridgehead atoms. The maximum Gasteiger partial charge on any atom is 0.408 e. The van der Waals surface area contributed by atoms with Crippen molar-refractivity contribution in [2.75, 3.05) is 0 Å². The summed E-state index contributed by atoms with van der Waals surface area (Å²) in [5.74, 6) is 0.486. The van der Waals surface area contributed by atoms with Crippen LogP contribution in [0.15, 0.2) is 36.7 Å². The third-order valence-corrected chi connectivity index (χ3v) is 7.47. The van der Waals surface area contributed by atoms with Gasteiger partial charge in [-0.2, -0.15) is 4.57 Å². The lowest BCUT2D eigenvalue weighted by Gasteiger charge is -2.22. The Morgan fingerprint density at radius 2 is 1.95 bits per heavy atom. The molecule has 2 aliphatic rings. The Balaban J connectivity index is 1.23. The summed E-state index contributed by atoms with van der Waals surface area (Å²) in [5.41, 5.74) is 1.41. The van der Waals surface area contributed by atoms with Crippen molar-refractivity contribution in [1.82, 2.24) is 14.5 Å². The molecule has 1 atom stereocenters. The van der Waals surface area contributed by atoms with E-state index < -0.39 is 23.2 Å². The largest absolute Gasteiger partial charge is 0.444 e. The van der Waals surface area contributed by atoms with Crippen molar-refractivity contribution in [3.8, 4) is 0 Å². The Morgan fingerprint density at radius 3 is 2.65 bits per heavy atom. The molecule has 1 fully saturated rings. The van der Waals surface area contributed by atoms with Gasteiger partial charge in [-0.25, -0.2) is 14.2 Å². The number of hydrogen-bond acceptors (Lipinski definition) is 5. The third-order valence-electron chi connectivity index (χ3n) is 7.47. The van der Waals surface area contributed by atoms with Gasteiger partial charge in [0.25, 0.3) is 5.82 Å². The number of hydrogen-bond donors (Lipinski definition) is 1. The molecule has 2 aliphatic carbocycles. The zero-order valence-corrected chi connectivity index (χ0v) is 22.2. The summed E-state index contributed by atoms with van der Waals surface area (Å²) in [5, 5.41) is 3.69. The maximum absolute atomic E-state index is 13.5. The van der Waals surface area contributed by atoms with Crippen LogP contribution in [0.25, 0.3) is 10.9 Å². The van der Waals surface area contributed by atoms with Gasteiger partial charge < -0.3 is 19.4 Å². The van der Waals surface area contributed by atoms with E-state index in [1.807, 2.05) is 53.7 Å². The molecule has 9 nitrogen and oxygen atoms in total. The number of nitrogens with one attached hydrogen (secondary N) is 1. The summed E-state index contributed by atoms with van der Waals surface area (Å²) in [6.45, 7) is 7.86. The van der Waals surface area contributed by atoms with Crippen molar-refractivity contribution in [1.29, 1.82) is 0 Å². The molecule has 2 aromatic heterocycles. The second kappa shape index (κ2) is 9.04. The summed E-state index contributed by atoms with van der Waals surface area (Å²) in [6, 6.07) is 8.07. The Bertz CT molecular complexity index is 1390. The number of carbonyl (C=O) groups is 3. The average Bonchev–Trinajstić information content (AvgIpc) is 3.45. The number of amides is 1. The highest BCUT2D eigenvalue weighted by Crippen LogP contribution is 2.37. The summed E-state index contributed by atoms with van der Waals surface area (Å²) >= 11 is 0. The average molecular weight is 508 g/mol. The Morgan fingerprint density at radius 1 is 1.22 bits per heavy atom. The lowest BCUT2D eigenvalue weighted by atomic mass is 9.85. The number of fused-ring (bicyclic) bond motifs is 3. The number of nitrogens with zero attached hydrogens (tertiary/aromatic N) is 3. The minimum Gasteiger partial charge on any atom is -0.444 e. The van der Waals surface area contributed by atoms with E-state index in [0.29, 0.717) is 19.4 Å². The van der Waals surface area contributed by atoms with Crippen molar-refractivity contribution < 1.29 is 28.4 Å². The Hall–Kier alpha value is -3.62. The van der Waals surface area contributed by atoms with Gasteiger partial charge in [0.1, 0.15) is 30.1 Å². The van der Waals surface area contributed by atoms with Crippen LogP contribution >= 0.6 is 0 Å². The number of ether oxygens (including phenoxy) is 2. The molecular weight excluding hydrogens is 472 g/mol. The molecule has 1 amide bonds. The van der Waals surface area contributed by atoms with E-state index in [1.165, 1.54) is 0 Å². The van der Waals surface area contributed by atoms with Crippen LogP contribution in [0.2, 0.25) is 0 Å². The van der Waals surface area contributed by atoms with Gasteiger partial charge >= 0.3 is 12.1 Å². The first kappa shape index (κ1) is 25.0. The normalized spacial score (nSPS) is 18.4. The zero-order valence-electron chi connectivity index (χ0n) is 22.2. The highest BCUT2D eigenvalue weighted by atomic mass is 16.6. The number of benzene rings is 1. The van der Waals surface area contributed by atoms with Gasteiger partial charge in [-0.3, -0.25) is 4.79 Å². The first-order chi connectivity index (χ1) is 17.5. The molecular formula is C28H35N4O5+. The summed E-state index contributed by atoms with van der Waals surface area (Å²) in [6.07, 6.45) is 5.85. The highest BCUT2D eigenvalue weighted by Gasteiger charge is 2.53. The predicted octanol–water partition coefficient (Wildman–Crippen LogP) is 3.58. The van der Waals surface area contributed by atoms with Crippen LogP contribution in [-0.2, 0) is 41.0 Å². The fourth-order valence-electron chi connectivity index (χ4n) is 5.21. The Kier molecular flexibility index (Phi) is 6.12. The monoisotopic (exact) mass is 507 g/mol. The van der Waals surface area contributed by atoms with Crippen LogP contribution in [0.3, 0.4) is 0 Å². The Labute approximate surface area is 216 Å². The second-order valence-corrected chi connectivity index (χ2v) is 11.2. The molecule has 1 unspecified atom stereocenters. The minimum atomic E-state index is -1.01. The van der Waals surface area contributed by atoms with Gasteiger partial charge in [0.05, 0.1) is 5.92 Å². The van der Waals surface area contributed by atoms with Crippen molar-refractivity contribution >= 4 is 28.7 Å². The van der Waals surface area contributed by atoms with Crippen LogP contribution < -0.4 is 9.88 Å². The molecule has 0 aliphatic heterocycles. The van der Waals surface area contributed by atoms with Crippen LogP contribution in [-0.4, -0.2) is 38.1 Å². The van der Waals surface area contributed by atoms with Crippen LogP contribution in [0.5, 0.6) is 0 Å². The summed E-state index contributed by atoms with van der Waals surface area (Å²) < 4.78 is 16.9. The smallest absolute Gasteiger partial charge is 0.408 e. The number of para-hydroxylation sites is 1. The van der Waals surface area contributed by atoms with E-state index in [1.54, 1.807) is 20.8 Å². The SMILES string of the molecule is Cc1n(CC2CCc3c(c4ccccc4n3C)C2=O)cc[n+]1COC(=O)C1(NC(=O)OC(C)(C)C)CC1. The van der Waals surface area contributed by atoms with E-state index in [4.69, 9.17) is 9.47 Å². The molecule has 1 aromatic carbocycles. The van der Waals surface area contributed by atoms with Crippen LogP contribution in [0.1, 0.15) is 61.9 Å². The number of aryl methyl sites for hydroxylation is 1. The minimum absolute atomic E-state index is 0.0293. The third kappa shape index (κ3) is 4.74. The lowest BCUT2D eigenvalue weighted by Crippen LogP contribution is -2.48. The van der Waals surface area contributed by atoms with Crippen molar-refractivity contribution in [2.24, 2.45) is 13.0 Å². The highest BCUT2D eigenvalue weighted by molar-refractivity contribution is 6.11. The van der Waals surface area contributed by atoms with E-state index >= 15 is 0 Å². The van der Waals surface area contributed by atoms with Crippen molar-refractivity contribution in [2.45, 2.75) is 77.8 Å². The number of carbonyl (C=O) groups excluding carboxylic acids is 3. The summed E-state index contributed by atoms with van der Waals surface area (Å²) in [7, 11) is 2.03. The van der Waals surface area contributed by atoms with E-state index in [0.717, 1.165) is 40.8 Å². The number of alkyl carbamates (subject to hydrolysis) is 1. The van der Waals surface area contributed by atoms with Gasteiger partial charge in [0.15, 0.2) is 5.78 Å². The molecule has 196 valence electrons. The van der Waals surface area contributed by atoms with E-state index in [-0.39, 0.29) is 18.4 Å². The number of Topliss-reactive ketones (excluding diaryl/α,β-unsaturated/α-hetero) is 1. The van der Waals surface area contributed by atoms with Crippen molar-refractivity contribution in [3.63, 3.8) is 0 Å². The van der Waals surface area contributed by atoms with Gasteiger partial charge in [-0.05, 0) is 52.5 Å². The van der Waals surface area contributed by atoms with E-state index in [2.05, 4.69) is 16.0 Å². The fraction of sp³-hybridized carbons (Fsp3) is 0.500. The van der Waals surface area contributed by atoms with Gasteiger partial charge in [-0.15, -0.1) is 0 Å². The fourth-order valence-corrected chi connectivity index (χ4v) is 5.21. The standard InChI is InChI=1S/C28H34N4O5/c1-18-31(16-19-10-11-22-23(24(19)33)20-8-6-7-9-21(20)30(22)5)14-15-32(18)17-36-25(34)28(12-13-28)29-26(35)37-27(2,3)4/h6-9,14-15,19H,10-13,16-17H2,1-5H3/p+1. The van der Waals surface area contributed by atoms with Crippen LogP contribution in [0.4, 0.5) is 4.79 Å². The van der Waals surface area contributed by atoms with Gasteiger partial charge in [-0.1, -0.05) is 18.2 Å². The lowest BCUT2D eigenvalue weighted by molar-refractivity contribution is -0.732. The predicted molar refractivity (Wildman–Crippen MR) is 136 cm³/mol. The molecule has 0 spiro atoms. The number of aromatic nitrogens is 3. The zero-order chi connectivity index (χ0) is 26.5. The van der Waals surface area contributed by atoms with Gasteiger partial charge in [0, 0.05) is 36.1 Å². The van der Waals surface area contributed by atoms with Crippen LogP contribution in [0, 0.1) is 12.8 Å². The number of imidazole rings is 1. The quantitative estimate of drug-likeness (QED) is 0.407. The molecule has 5 rings (SSSR count). The topological polar surface area (TPSA) is 95.4 Å². The summed E-state index contributed by atoms with van der Waals surface area (Å²) in [4.78, 5) is 38.4. The second-order valence-electron chi connectivity index (χ2n) is 11.2. The molecule has 0 radical (unpaired) electrons. The van der Waals surface area contributed by atoms with E-state index in [9.17, 15) is 14.4 Å². The molecule has 9 heteroatoms.